The molecule has 0 spiro atoms. The molecule has 2 N–H and O–H groups in total. The predicted octanol–water partition coefficient (Wildman–Crippen LogP) is 4.78. The van der Waals surface area contributed by atoms with Crippen molar-refractivity contribution in [2.24, 2.45) is 0 Å². The Morgan fingerprint density at radius 2 is 1.35 bits per heavy atom. The molecule has 4 nitrogen and oxygen atoms in total. The van der Waals surface area contributed by atoms with Gasteiger partial charge in [0.2, 0.25) is 0 Å². The molecule has 3 aromatic carbocycles. The minimum atomic E-state index is -0.652. The SMILES string of the molecule is N#C/C(C(=O)Nc1ccc(-c2ccccc2)cc1)=C(/O)c1ccccc1. The second-order valence-electron chi connectivity index (χ2n) is 5.60. The van der Waals surface area contributed by atoms with E-state index in [2.05, 4.69) is 5.32 Å². The summed E-state index contributed by atoms with van der Waals surface area (Å²) in [6.07, 6.45) is 0. The zero-order chi connectivity index (χ0) is 18.4. The van der Waals surface area contributed by atoms with Gasteiger partial charge in [-0.2, -0.15) is 5.26 Å². The monoisotopic (exact) mass is 340 g/mol. The number of amides is 1. The summed E-state index contributed by atoms with van der Waals surface area (Å²) in [6.45, 7) is 0. The summed E-state index contributed by atoms with van der Waals surface area (Å²) in [6, 6.07) is 27.4. The van der Waals surface area contributed by atoms with Crippen LogP contribution in [0.1, 0.15) is 5.56 Å². The van der Waals surface area contributed by atoms with Gasteiger partial charge in [0.15, 0.2) is 5.57 Å². The van der Waals surface area contributed by atoms with Crippen LogP contribution in [0.4, 0.5) is 5.69 Å². The van der Waals surface area contributed by atoms with Gasteiger partial charge in [-0.3, -0.25) is 4.79 Å². The van der Waals surface area contributed by atoms with Crippen LogP contribution in [0, 0.1) is 11.3 Å². The minimum absolute atomic E-state index is 0.330. The molecule has 26 heavy (non-hydrogen) atoms. The number of anilines is 1. The molecule has 0 aliphatic rings. The van der Waals surface area contributed by atoms with E-state index in [-0.39, 0.29) is 11.3 Å². The van der Waals surface area contributed by atoms with Crippen LogP contribution in [-0.2, 0) is 4.79 Å². The molecule has 0 bridgehead atoms. The van der Waals surface area contributed by atoms with E-state index in [4.69, 9.17) is 0 Å². The van der Waals surface area contributed by atoms with Crippen molar-refractivity contribution in [2.45, 2.75) is 0 Å². The number of benzene rings is 3. The quantitative estimate of drug-likeness (QED) is 0.407. The zero-order valence-electron chi connectivity index (χ0n) is 13.9. The van der Waals surface area contributed by atoms with E-state index in [1.54, 1.807) is 48.5 Å². The number of nitrogens with one attached hydrogen (secondary N) is 1. The van der Waals surface area contributed by atoms with Crippen LogP contribution in [-0.4, -0.2) is 11.0 Å². The van der Waals surface area contributed by atoms with Crippen molar-refractivity contribution in [3.05, 3.63) is 96.1 Å². The van der Waals surface area contributed by atoms with E-state index in [0.717, 1.165) is 11.1 Å². The fourth-order valence-electron chi connectivity index (χ4n) is 2.52. The molecule has 4 heteroatoms. The van der Waals surface area contributed by atoms with Gasteiger partial charge in [0.1, 0.15) is 11.8 Å². The third kappa shape index (κ3) is 3.80. The lowest BCUT2D eigenvalue weighted by molar-refractivity contribution is -0.112. The van der Waals surface area contributed by atoms with Gasteiger partial charge in [-0.15, -0.1) is 0 Å². The summed E-state index contributed by atoms with van der Waals surface area (Å²) in [5, 5.41) is 22.1. The molecule has 3 aromatic rings. The van der Waals surface area contributed by atoms with Crippen molar-refractivity contribution in [2.75, 3.05) is 5.32 Å². The Balaban J connectivity index is 1.80. The van der Waals surface area contributed by atoms with Crippen LogP contribution in [0.3, 0.4) is 0 Å². The van der Waals surface area contributed by atoms with Crippen molar-refractivity contribution in [3.63, 3.8) is 0 Å². The maximum Gasteiger partial charge on any atom is 0.270 e. The van der Waals surface area contributed by atoms with E-state index >= 15 is 0 Å². The second kappa shape index (κ2) is 7.82. The number of nitrogens with zero attached hydrogens (tertiary/aromatic N) is 1. The first kappa shape index (κ1) is 17.0. The maximum atomic E-state index is 12.4. The van der Waals surface area contributed by atoms with E-state index in [9.17, 15) is 15.2 Å². The lowest BCUT2D eigenvalue weighted by atomic mass is 10.1. The molecule has 0 radical (unpaired) electrons. The first-order valence-corrected chi connectivity index (χ1v) is 8.04. The van der Waals surface area contributed by atoms with Gasteiger partial charge in [-0.25, -0.2) is 0 Å². The highest BCUT2D eigenvalue weighted by atomic mass is 16.3. The molecule has 0 heterocycles. The number of rotatable bonds is 4. The van der Waals surface area contributed by atoms with Crippen LogP contribution in [0.2, 0.25) is 0 Å². The van der Waals surface area contributed by atoms with Gasteiger partial charge in [-0.1, -0.05) is 72.8 Å². The Bertz CT molecular complexity index is 970. The van der Waals surface area contributed by atoms with Crippen LogP contribution in [0.5, 0.6) is 0 Å². The number of nitriles is 1. The lowest BCUT2D eigenvalue weighted by Crippen LogP contribution is -2.15. The van der Waals surface area contributed by atoms with Gasteiger partial charge in [0.05, 0.1) is 0 Å². The Morgan fingerprint density at radius 1 is 0.808 bits per heavy atom. The van der Waals surface area contributed by atoms with E-state index in [0.29, 0.717) is 11.3 Å². The number of hydrogen-bond acceptors (Lipinski definition) is 3. The summed E-state index contributed by atoms with van der Waals surface area (Å²) in [5.41, 5.74) is 2.72. The minimum Gasteiger partial charge on any atom is -0.506 e. The third-order valence-electron chi connectivity index (χ3n) is 3.87. The maximum absolute atomic E-state index is 12.4. The van der Waals surface area contributed by atoms with E-state index in [1.807, 2.05) is 42.5 Å². The van der Waals surface area contributed by atoms with Gasteiger partial charge < -0.3 is 10.4 Å². The topological polar surface area (TPSA) is 73.1 Å². The van der Waals surface area contributed by atoms with Crippen molar-refractivity contribution in [1.82, 2.24) is 0 Å². The summed E-state index contributed by atoms with van der Waals surface area (Å²) in [5.74, 6) is -0.993. The largest absolute Gasteiger partial charge is 0.506 e. The summed E-state index contributed by atoms with van der Waals surface area (Å²) < 4.78 is 0. The van der Waals surface area contributed by atoms with Gasteiger partial charge in [0, 0.05) is 11.3 Å². The first-order valence-electron chi connectivity index (χ1n) is 8.04. The molecule has 1 amide bonds. The molecule has 3 rings (SSSR count). The number of aliphatic hydroxyl groups excluding tert-OH is 1. The summed E-state index contributed by atoms with van der Waals surface area (Å²) in [7, 11) is 0. The molecule has 0 saturated carbocycles. The van der Waals surface area contributed by atoms with E-state index in [1.165, 1.54) is 0 Å². The number of aliphatic hydroxyl groups is 1. The second-order valence-corrected chi connectivity index (χ2v) is 5.60. The van der Waals surface area contributed by atoms with Crippen molar-refractivity contribution >= 4 is 17.4 Å². The van der Waals surface area contributed by atoms with Crippen LogP contribution in [0.15, 0.2) is 90.5 Å². The lowest BCUT2D eigenvalue weighted by Gasteiger charge is -2.08. The summed E-state index contributed by atoms with van der Waals surface area (Å²) in [4.78, 5) is 12.4. The summed E-state index contributed by atoms with van der Waals surface area (Å²) >= 11 is 0. The van der Waals surface area contributed by atoms with Crippen LogP contribution in [0.25, 0.3) is 16.9 Å². The van der Waals surface area contributed by atoms with Crippen molar-refractivity contribution < 1.29 is 9.90 Å². The van der Waals surface area contributed by atoms with Crippen molar-refractivity contribution in [1.29, 1.82) is 5.26 Å². The highest BCUT2D eigenvalue weighted by molar-refractivity contribution is 6.11. The van der Waals surface area contributed by atoms with Gasteiger partial charge in [-0.05, 0) is 23.3 Å². The molecular formula is C22H16N2O2. The molecule has 0 unspecified atom stereocenters. The Morgan fingerprint density at radius 3 is 1.92 bits per heavy atom. The third-order valence-corrected chi connectivity index (χ3v) is 3.87. The Kier molecular flexibility index (Phi) is 5.11. The normalized spacial score (nSPS) is 11.2. The predicted molar refractivity (Wildman–Crippen MR) is 102 cm³/mol. The molecule has 126 valence electrons. The Hall–Kier alpha value is -3.84. The smallest absolute Gasteiger partial charge is 0.270 e. The highest BCUT2D eigenvalue weighted by Gasteiger charge is 2.16. The van der Waals surface area contributed by atoms with Gasteiger partial charge in [0.25, 0.3) is 5.91 Å². The fourth-order valence-corrected chi connectivity index (χ4v) is 2.52. The molecule has 0 fully saturated rings. The molecule has 0 saturated heterocycles. The highest BCUT2D eigenvalue weighted by Crippen LogP contribution is 2.22. The number of carbonyl (C=O) groups excluding carboxylic acids is 1. The molecular weight excluding hydrogens is 324 g/mol. The standard InChI is InChI=1S/C22H16N2O2/c23-15-20(21(25)18-9-5-2-6-10-18)22(26)24-19-13-11-17(12-14-19)16-7-3-1-4-8-16/h1-14,25H,(H,24,26)/b21-20-. The Labute approximate surface area is 151 Å². The number of hydrogen-bond donors (Lipinski definition) is 2. The van der Waals surface area contributed by atoms with Crippen LogP contribution >= 0.6 is 0 Å². The first-order chi connectivity index (χ1) is 12.7. The fraction of sp³-hybridized carbons (Fsp3) is 0. The van der Waals surface area contributed by atoms with E-state index < -0.39 is 5.91 Å². The average Bonchev–Trinajstić information content (AvgIpc) is 2.70. The van der Waals surface area contributed by atoms with Crippen LogP contribution < -0.4 is 5.32 Å². The molecule has 0 aliphatic carbocycles. The van der Waals surface area contributed by atoms with Crippen molar-refractivity contribution in [3.8, 4) is 17.2 Å². The van der Waals surface area contributed by atoms with Gasteiger partial charge >= 0.3 is 0 Å². The average molecular weight is 340 g/mol. The zero-order valence-corrected chi connectivity index (χ0v) is 13.9. The molecule has 0 aromatic heterocycles. The molecule has 0 aliphatic heterocycles. The molecule has 0 atom stereocenters. The number of carbonyl (C=O) groups is 1.